The molecule has 168 valence electrons. The quantitative estimate of drug-likeness (QED) is 0.311. The third-order valence-corrected chi connectivity index (χ3v) is 4.93. The van der Waals surface area contributed by atoms with Gasteiger partial charge in [-0.3, -0.25) is 0 Å². The maximum Gasteiger partial charge on any atom is 2.00 e. The van der Waals surface area contributed by atoms with E-state index in [1.165, 1.54) is 33.8 Å². The summed E-state index contributed by atoms with van der Waals surface area (Å²) in [5, 5.41) is 0. The molecule has 1 aliphatic carbocycles. The average Bonchev–Trinajstić information content (AvgIpc) is 3.07. The van der Waals surface area contributed by atoms with Crippen molar-refractivity contribution in [3.05, 3.63) is 93.6 Å². The predicted molar refractivity (Wildman–Crippen MR) is 138 cm³/mol. The fourth-order valence-corrected chi connectivity index (χ4v) is 3.62. The largest absolute Gasteiger partial charge is 2.00 e. The van der Waals surface area contributed by atoms with Crippen LogP contribution in [0.15, 0.2) is 54.1 Å². The van der Waals surface area contributed by atoms with Crippen molar-refractivity contribution in [3.8, 4) is 0 Å². The number of nitrogens with one attached hydrogen (secondary N) is 1. The molecule has 5 heteroatoms. The summed E-state index contributed by atoms with van der Waals surface area (Å²) in [6.07, 6.45) is 5.76. The van der Waals surface area contributed by atoms with E-state index in [4.69, 9.17) is 5.73 Å². The van der Waals surface area contributed by atoms with Gasteiger partial charge in [0.25, 0.3) is 0 Å². The van der Waals surface area contributed by atoms with E-state index < -0.39 is 0 Å². The molecule has 0 amide bonds. The zero-order valence-electron chi connectivity index (χ0n) is 19.8. The molecule has 0 unspecified atom stereocenters. The van der Waals surface area contributed by atoms with Crippen molar-refractivity contribution in [2.24, 2.45) is 0 Å². The van der Waals surface area contributed by atoms with E-state index in [1.54, 1.807) is 0 Å². The Morgan fingerprint density at radius 2 is 1.52 bits per heavy atom. The molecule has 2 aromatic rings. The van der Waals surface area contributed by atoms with Gasteiger partial charge in [-0.15, -0.1) is 48.2 Å². The van der Waals surface area contributed by atoms with Gasteiger partial charge in [0.2, 0.25) is 0 Å². The van der Waals surface area contributed by atoms with E-state index in [-0.39, 0.29) is 46.5 Å². The van der Waals surface area contributed by atoms with Gasteiger partial charge in [0, 0.05) is 6.54 Å². The number of hydrogen-bond donors (Lipinski definition) is 0. The smallest absolute Gasteiger partial charge is 0.698 e. The first-order valence-corrected chi connectivity index (χ1v) is 9.92. The molecule has 0 bridgehead atoms. The summed E-state index contributed by atoms with van der Waals surface area (Å²) in [5.41, 5.74) is 17.2. The molecule has 2 nitrogen and oxygen atoms in total. The minimum absolute atomic E-state index is 0. The molecule has 0 saturated heterocycles. The Bertz CT molecular complexity index is 864. The number of halogens is 2. The summed E-state index contributed by atoms with van der Waals surface area (Å²) in [5.74, 6) is 1.38. The van der Waals surface area contributed by atoms with Crippen LogP contribution in [-0.2, 0) is 21.7 Å². The molecule has 3 rings (SSSR count). The number of aryl methyl sites for hydroxylation is 3. The van der Waals surface area contributed by atoms with Crippen LogP contribution in [0, 0.1) is 26.7 Å². The standard InChI is InChI=1S/C17H22N.C9H12N.2ClH.Ti/c1-13(2)16-7-5-6-8-17(16)15-10-9-14(11-15)12-18(3)4;1-6-4-7(2)9(10)8(3)5-6;;;/h5-9,11H,10,12H2,1-4H3;4-5,10H,1-3H3;2*1H;/q2*-1;;;+2. The van der Waals surface area contributed by atoms with E-state index in [1.807, 2.05) is 26.0 Å². The third-order valence-electron chi connectivity index (χ3n) is 4.93. The SMILES string of the molecule is C[C-](C)c1ccccc1C1=CC(CN(C)C)=CC1.Cc1cc(C)c([NH-])c(C)c1.Cl.Cl.[Ti+2]. The molecule has 0 aromatic heterocycles. The topological polar surface area (TPSA) is 27.0 Å². The molecular weight excluding hydrogens is 459 g/mol. The fraction of sp³-hybridized carbons (Fsp3) is 0.346. The number of allylic oxidation sites excluding steroid dienone is 2. The van der Waals surface area contributed by atoms with Crippen LogP contribution in [-0.4, -0.2) is 25.5 Å². The van der Waals surface area contributed by atoms with Crippen molar-refractivity contribution >= 4 is 36.1 Å². The second-order valence-electron chi connectivity index (χ2n) is 8.21. The van der Waals surface area contributed by atoms with Gasteiger partial charge in [0.15, 0.2) is 0 Å². The van der Waals surface area contributed by atoms with Gasteiger partial charge >= 0.3 is 21.7 Å². The van der Waals surface area contributed by atoms with Crippen LogP contribution >= 0.6 is 24.8 Å². The molecule has 31 heavy (non-hydrogen) atoms. The predicted octanol–water partition coefficient (Wildman–Crippen LogP) is 8.06. The minimum Gasteiger partial charge on any atom is -0.698 e. The third kappa shape index (κ3) is 9.47. The van der Waals surface area contributed by atoms with Crippen LogP contribution in [0.4, 0.5) is 5.69 Å². The summed E-state index contributed by atoms with van der Waals surface area (Å²) in [7, 11) is 4.23. The monoisotopic (exact) mass is 494 g/mol. The molecule has 0 aliphatic heterocycles. The fourth-order valence-electron chi connectivity index (χ4n) is 3.62. The molecule has 0 saturated carbocycles. The van der Waals surface area contributed by atoms with Crippen molar-refractivity contribution < 1.29 is 21.7 Å². The van der Waals surface area contributed by atoms with Crippen molar-refractivity contribution in [2.75, 3.05) is 20.6 Å². The molecule has 0 spiro atoms. The maximum atomic E-state index is 7.54. The number of rotatable bonds is 4. The molecule has 1 N–H and O–H groups in total. The number of likely N-dealkylation sites (N-methyl/N-ethyl adjacent to an activating group) is 1. The molecule has 1 aliphatic rings. The van der Waals surface area contributed by atoms with E-state index in [2.05, 4.69) is 76.2 Å². The Hall–Kier alpha value is -1.16. The summed E-state index contributed by atoms with van der Waals surface area (Å²) in [4.78, 5) is 2.22. The number of nitrogens with zero attached hydrogens (tertiary/aromatic N) is 1. The van der Waals surface area contributed by atoms with Crippen LogP contribution in [0.2, 0.25) is 0 Å². The van der Waals surface area contributed by atoms with E-state index >= 15 is 0 Å². The van der Waals surface area contributed by atoms with Gasteiger partial charge in [-0.25, -0.2) is 0 Å². The van der Waals surface area contributed by atoms with Crippen LogP contribution in [0.25, 0.3) is 11.3 Å². The second kappa shape index (κ2) is 14.8. The van der Waals surface area contributed by atoms with E-state index in [0.717, 1.165) is 24.1 Å². The first kappa shape index (κ1) is 32.0. The Kier molecular flexibility index (Phi) is 15.3. The van der Waals surface area contributed by atoms with Gasteiger partial charge in [-0.05, 0) is 46.9 Å². The molecular formula is C26H36Cl2N2Ti. The zero-order valence-corrected chi connectivity index (χ0v) is 23.0. The van der Waals surface area contributed by atoms with E-state index in [9.17, 15) is 0 Å². The zero-order chi connectivity index (χ0) is 20.8. The van der Waals surface area contributed by atoms with Gasteiger partial charge in [-0.1, -0.05) is 66.5 Å². The molecule has 0 radical (unpaired) electrons. The van der Waals surface area contributed by atoms with Crippen molar-refractivity contribution in [1.82, 2.24) is 4.90 Å². The van der Waals surface area contributed by atoms with Gasteiger partial charge in [0.05, 0.1) is 0 Å². The Labute approximate surface area is 217 Å². The van der Waals surface area contributed by atoms with E-state index in [0.29, 0.717) is 5.69 Å². The first-order chi connectivity index (χ1) is 13.2. The number of hydrogen-bond acceptors (Lipinski definition) is 1. The molecule has 0 fully saturated rings. The van der Waals surface area contributed by atoms with Crippen LogP contribution in [0.1, 0.15) is 48.1 Å². The maximum absolute atomic E-state index is 7.54. The Morgan fingerprint density at radius 3 is 2.03 bits per heavy atom. The summed E-state index contributed by atoms with van der Waals surface area (Å²) in [6.45, 7) is 11.4. The summed E-state index contributed by atoms with van der Waals surface area (Å²) in [6, 6.07) is 12.8. The Morgan fingerprint density at radius 1 is 0.968 bits per heavy atom. The van der Waals surface area contributed by atoms with Gasteiger partial charge in [-0.2, -0.15) is 17.5 Å². The molecule has 0 heterocycles. The van der Waals surface area contributed by atoms with Gasteiger partial charge in [0.1, 0.15) is 0 Å². The minimum atomic E-state index is 0. The number of benzene rings is 2. The van der Waals surface area contributed by atoms with Crippen molar-refractivity contribution in [3.63, 3.8) is 0 Å². The molecule has 2 aromatic carbocycles. The summed E-state index contributed by atoms with van der Waals surface area (Å²) >= 11 is 0. The molecule has 0 atom stereocenters. The summed E-state index contributed by atoms with van der Waals surface area (Å²) < 4.78 is 0. The van der Waals surface area contributed by atoms with Crippen LogP contribution in [0.3, 0.4) is 0 Å². The Balaban J connectivity index is 0. The normalized spacial score (nSPS) is 11.7. The van der Waals surface area contributed by atoms with Crippen molar-refractivity contribution in [2.45, 2.75) is 41.0 Å². The van der Waals surface area contributed by atoms with Crippen LogP contribution in [0.5, 0.6) is 0 Å². The van der Waals surface area contributed by atoms with Crippen LogP contribution < -0.4 is 0 Å². The average molecular weight is 495 g/mol. The van der Waals surface area contributed by atoms with Gasteiger partial charge < -0.3 is 10.6 Å². The van der Waals surface area contributed by atoms with Crippen molar-refractivity contribution in [1.29, 1.82) is 0 Å². The first-order valence-electron chi connectivity index (χ1n) is 9.92. The second-order valence-corrected chi connectivity index (χ2v) is 8.21.